The summed E-state index contributed by atoms with van der Waals surface area (Å²) in [6.07, 6.45) is 8.32. The second kappa shape index (κ2) is 5.86. The number of aromatic hydroxyl groups is 1. The minimum Gasteiger partial charge on any atom is -0.508 e. The van der Waals surface area contributed by atoms with Gasteiger partial charge in [-0.25, -0.2) is 0 Å². The Morgan fingerprint density at radius 3 is 2.40 bits per heavy atom. The van der Waals surface area contributed by atoms with Crippen molar-refractivity contribution >= 4 is 5.91 Å². The molecular weight excluding hydrogens is 250 g/mol. The molecule has 1 amide bonds. The topological polar surface area (TPSA) is 40.5 Å². The highest BCUT2D eigenvalue weighted by Gasteiger charge is 2.22. The van der Waals surface area contributed by atoms with Gasteiger partial charge in [0.25, 0.3) is 5.91 Å². The van der Waals surface area contributed by atoms with Gasteiger partial charge in [0.15, 0.2) is 0 Å². The lowest BCUT2D eigenvalue weighted by Crippen LogP contribution is -2.27. The number of nitrogens with zero attached hydrogens (tertiary/aromatic N) is 1. The molecule has 3 rings (SSSR count). The van der Waals surface area contributed by atoms with Gasteiger partial charge in [-0.1, -0.05) is 25.3 Å². The molecule has 2 aliphatic rings. The molecule has 3 heteroatoms. The maximum atomic E-state index is 12.3. The van der Waals surface area contributed by atoms with E-state index in [-0.39, 0.29) is 5.91 Å². The number of likely N-dealkylation sites (tertiary alicyclic amines) is 1. The van der Waals surface area contributed by atoms with Crippen LogP contribution in [-0.2, 0) is 0 Å². The number of hydrogen-bond acceptors (Lipinski definition) is 2. The molecule has 2 fully saturated rings. The van der Waals surface area contributed by atoms with E-state index < -0.39 is 0 Å². The summed E-state index contributed by atoms with van der Waals surface area (Å²) >= 11 is 0. The molecule has 0 aromatic heterocycles. The van der Waals surface area contributed by atoms with Gasteiger partial charge in [0.2, 0.25) is 0 Å². The zero-order chi connectivity index (χ0) is 13.9. The van der Waals surface area contributed by atoms with Gasteiger partial charge in [0.05, 0.1) is 0 Å². The van der Waals surface area contributed by atoms with Crippen LogP contribution < -0.4 is 0 Å². The third-order valence-electron chi connectivity index (χ3n) is 4.72. The Hall–Kier alpha value is -1.51. The van der Waals surface area contributed by atoms with E-state index in [0.717, 1.165) is 44.3 Å². The van der Waals surface area contributed by atoms with Crippen LogP contribution in [-0.4, -0.2) is 29.0 Å². The molecule has 1 aliphatic carbocycles. The fourth-order valence-electron chi connectivity index (χ4n) is 3.54. The SMILES string of the molecule is O=C(c1ccc(C2CCCCC2)c(O)c1)N1CCCC1. The van der Waals surface area contributed by atoms with Gasteiger partial charge in [0, 0.05) is 18.7 Å². The number of hydrogen-bond donors (Lipinski definition) is 1. The summed E-state index contributed by atoms with van der Waals surface area (Å²) in [6, 6.07) is 5.53. The van der Waals surface area contributed by atoms with Crippen molar-refractivity contribution in [3.63, 3.8) is 0 Å². The molecule has 1 aromatic rings. The van der Waals surface area contributed by atoms with E-state index in [1.165, 1.54) is 19.3 Å². The summed E-state index contributed by atoms with van der Waals surface area (Å²) in [6.45, 7) is 1.70. The normalized spacial score (nSPS) is 20.3. The second-order valence-corrected chi connectivity index (χ2v) is 6.11. The Labute approximate surface area is 120 Å². The lowest BCUT2D eigenvalue weighted by molar-refractivity contribution is 0.0792. The van der Waals surface area contributed by atoms with Crippen LogP contribution in [0.2, 0.25) is 0 Å². The minimum atomic E-state index is 0.0630. The molecular formula is C17H23NO2. The highest BCUT2D eigenvalue weighted by atomic mass is 16.3. The van der Waals surface area contributed by atoms with E-state index in [1.807, 2.05) is 17.0 Å². The molecule has 1 N–H and O–H groups in total. The van der Waals surface area contributed by atoms with Crippen molar-refractivity contribution in [2.75, 3.05) is 13.1 Å². The largest absolute Gasteiger partial charge is 0.508 e. The lowest BCUT2D eigenvalue weighted by atomic mass is 9.83. The molecule has 20 heavy (non-hydrogen) atoms. The van der Waals surface area contributed by atoms with Gasteiger partial charge in [-0.2, -0.15) is 0 Å². The molecule has 3 nitrogen and oxygen atoms in total. The van der Waals surface area contributed by atoms with E-state index in [1.54, 1.807) is 6.07 Å². The molecule has 1 saturated carbocycles. The van der Waals surface area contributed by atoms with E-state index in [0.29, 0.717) is 17.2 Å². The third kappa shape index (κ3) is 2.67. The van der Waals surface area contributed by atoms with Crippen molar-refractivity contribution in [2.24, 2.45) is 0 Å². The van der Waals surface area contributed by atoms with Gasteiger partial charge < -0.3 is 10.0 Å². The van der Waals surface area contributed by atoms with Gasteiger partial charge in [-0.15, -0.1) is 0 Å². The maximum Gasteiger partial charge on any atom is 0.253 e. The highest BCUT2D eigenvalue weighted by Crippen LogP contribution is 2.37. The van der Waals surface area contributed by atoms with Crippen LogP contribution in [0.4, 0.5) is 0 Å². The summed E-state index contributed by atoms with van der Waals surface area (Å²) in [7, 11) is 0. The molecule has 0 unspecified atom stereocenters. The van der Waals surface area contributed by atoms with Gasteiger partial charge >= 0.3 is 0 Å². The molecule has 0 atom stereocenters. The first-order valence-corrected chi connectivity index (χ1v) is 7.88. The first-order valence-electron chi connectivity index (χ1n) is 7.88. The fourth-order valence-corrected chi connectivity index (χ4v) is 3.54. The van der Waals surface area contributed by atoms with Crippen molar-refractivity contribution in [3.05, 3.63) is 29.3 Å². The van der Waals surface area contributed by atoms with Crippen molar-refractivity contribution in [1.29, 1.82) is 0 Å². The van der Waals surface area contributed by atoms with E-state index >= 15 is 0 Å². The number of benzene rings is 1. The zero-order valence-electron chi connectivity index (χ0n) is 12.0. The second-order valence-electron chi connectivity index (χ2n) is 6.11. The first-order chi connectivity index (χ1) is 9.75. The zero-order valence-corrected chi connectivity index (χ0v) is 12.0. The predicted molar refractivity (Wildman–Crippen MR) is 79.1 cm³/mol. The quantitative estimate of drug-likeness (QED) is 0.893. The van der Waals surface area contributed by atoms with E-state index in [4.69, 9.17) is 0 Å². The minimum absolute atomic E-state index is 0.0630. The number of amides is 1. The molecule has 0 radical (unpaired) electrons. The van der Waals surface area contributed by atoms with Crippen LogP contribution >= 0.6 is 0 Å². The molecule has 0 spiro atoms. The number of carbonyl (C=O) groups is 1. The molecule has 1 aromatic carbocycles. The molecule has 1 saturated heterocycles. The monoisotopic (exact) mass is 273 g/mol. The Kier molecular flexibility index (Phi) is 3.95. The molecule has 0 bridgehead atoms. The molecule has 1 aliphatic heterocycles. The number of carbonyl (C=O) groups excluding carboxylic acids is 1. The van der Waals surface area contributed by atoms with Crippen LogP contribution in [0.15, 0.2) is 18.2 Å². The van der Waals surface area contributed by atoms with Crippen molar-refractivity contribution in [3.8, 4) is 5.75 Å². The van der Waals surface area contributed by atoms with Crippen LogP contribution in [0.25, 0.3) is 0 Å². The first kappa shape index (κ1) is 13.5. The summed E-state index contributed by atoms with van der Waals surface area (Å²) in [4.78, 5) is 14.2. The third-order valence-corrected chi connectivity index (χ3v) is 4.72. The van der Waals surface area contributed by atoms with Gasteiger partial charge in [-0.05, 0) is 49.3 Å². The van der Waals surface area contributed by atoms with Gasteiger partial charge in [0.1, 0.15) is 5.75 Å². The highest BCUT2D eigenvalue weighted by molar-refractivity contribution is 5.94. The van der Waals surface area contributed by atoms with Crippen molar-refractivity contribution in [2.45, 2.75) is 50.9 Å². The maximum absolute atomic E-state index is 12.3. The Balaban J connectivity index is 1.77. The summed E-state index contributed by atoms with van der Waals surface area (Å²) in [5.41, 5.74) is 1.66. The predicted octanol–water partition coefficient (Wildman–Crippen LogP) is 3.68. The smallest absolute Gasteiger partial charge is 0.253 e. The number of phenols is 1. The summed E-state index contributed by atoms with van der Waals surface area (Å²) in [5.74, 6) is 0.842. The van der Waals surface area contributed by atoms with Gasteiger partial charge in [-0.3, -0.25) is 4.79 Å². The molecule has 1 heterocycles. The number of rotatable bonds is 2. The Morgan fingerprint density at radius 2 is 1.75 bits per heavy atom. The van der Waals surface area contributed by atoms with Crippen molar-refractivity contribution in [1.82, 2.24) is 4.90 Å². The number of phenolic OH excluding ortho intramolecular Hbond substituents is 1. The average Bonchev–Trinajstić information content (AvgIpc) is 3.01. The fraction of sp³-hybridized carbons (Fsp3) is 0.588. The van der Waals surface area contributed by atoms with Crippen LogP contribution in [0.1, 0.15) is 66.8 Å². The van der Waals surface area contributed by atoms with Crippen LogP contribution in [0.3, 0.4) is 0 Å². The van der Waals surface area contributed by atoms with E-state index in [9.17, 15) is 9.90 Å². The van der Waals surface area contributed by atoms with E-state index in [2.05, 4.69) is 0 Å². The summed E-state index contributed by atoms with van der Waals surface area (Å²) in [5, 5.41) is 10.3. The Bertz CT molecular complexity index is 486. The van der Waals surface area contributed by atoms with Crippen LogP contribution in [0, 0.1) is 0 Å². The van der Waals surface area contributed by atoms with Crippen molar-refractivity contribution < 1.29 is 9.90 Å². The van der Waals surface area contributed by atoms with Crippen LogP contribution in [0.5, 0.6) is 5.75 Å². The standard InChI is InChI=1S/C17H23NO2/c19-16-12-14(17(20)18-10-4-5-11-18)8-9-15(16)13-6-2-1-3-7-13/h8-9,12-13,19H,1-7,10-11H2. The average molecular weight is 273 g/mol. The summed E-state index contributed by atoms with van der Waals surface area (Å²) < 4.78 is 0. The lowest BCUT2D eigenvalue weighted by Gasteiger charge is -2.23. The Morgan fingerprint density at radius 1 is 1.05 bits per heavy atom. The molecule has 108 valence electrons.